The summed E-state index contributed by atoms with van der Waals surface area (Å²) in [7, 11) is 0. The molecule has 0 aliphatic rings. The van der Waals surface area contributed by atoms with Gasteiger partial charge in [-0.15, -0.1) is 0 Å². The van der Waals surface area contributed by atoms with E-state index in [2.05, 4.69) is 31.2 Å². The van der Waals surface area contributed by atoms with Crippen LogP contribution in [0.2, 0.25) is 0 Å². The Bertz CT molecular complexity index is 424. The van der Waals surface area contributed by atoms with Gasteiger partial charge in [-0.2, -0.15) is 0 Å². The Morgan fingerprint density at radius 1 is 1.05 bits per heavy atom. The first-order valence-electron chi connectivity index (χ1n) is 8.81. The summed E-state index contributed by atoms with van der Waals surface area (Å²) in [4.78, 5) is 0. The topological polar surface area (TPSA) is 29.5 Å². The van der Waals surface area contributed by atoms with E-state index in [-0.39, 0.29) is 6.61 Å². The van der Waals surface area contributed by atoms with Crippen LogP contribution in [-0.4, -0.2) is 18.3 Å². The van der Waals surface area contributed by atoms with Crippen molar-refractivity contribution < 1.29 is 9.84 Å². The Kier molecular flexibility index (Phi) is 10.5. The molecule has 0 bridgehead atoms. The highest BCUT2D eigenvalue weighted by atomic mass is 16.5. The third-order valence-corrected chi connectivity index (χ3v) is 3.89. The molecule has 1 N–H and O–H groups in total. The lowest BCUT2D eigenvalue weighted by molar-refractivity contribution is 0.201. The summed E-state index contributed by atoms with van der Waals surface area (Å²) in [5.41, 5.74) is 2.52. The van der Waals surface area contributed by atoms with E-state index in [0.29, 0.717) is 6.61 Å². The highest BCUT2D eigenvalue weighted by molar-refractivity contribution is 5.61. The Labute approximate surface area is 136 Å². The van der Waals surface area contributed by atoms with Crippen LogP contribution in [0.1, 0.15) is 69.9 Å². The Morgan fingerprint density at radius 3 is 2.45 bits per heavy atom. The average Bonchev–Trinajstić information content (AvgIpc) is 2.54. The number of aryl methyl sites for hydroxylation is 1. The Hall–Kier alpha value is -1.28. The standard InChI is InChI=1S/C20H32O2/c1-3-5-6-7-8-9-10-13-18-14-11-15-20(22-17-16-21)19(18)12-4-2/h4,11-12,14-15,21H,3,5-10,13,16-17H2,1-2H3. The molecule has 0 radical (unpaired) electrons. The van der Waals surface area contributed by atoms with Crippen LogP contribution in [0.15, 0.2) is 24.3 Å². The molecule has 0 saturated carbocycles. The zero-order valence-corrected chi connectivity index (χ0v) is 14.3. The summed E-state index contributed by atoms with van der Waals surface area (Å²) in [6.07, 6.45) is 14.6. The molecule has 0 fully saturated rings. The monoisotopic (exact) mass is 304 g/mol. The van der Waals surface area contributed by atoms with Gasteiger partial charge in [0.1, 0.15) is 12.4 Å². The van der Waals surface area contributed by atoms with E-state index in [1.54, 1.807) is 0 Å². The minimum absolute atomic E-state index is 0.0528. The second-order valence-corrected chi connectivity index (χ2v) is 5.77. The minimum Gasteiger partial charge on any atom is -0.491 e. The van der Waals surface area contributed by atoms with Crippen molar-refractivity contribution in [3.63, 3.8) is 0 Å². The third kappa shape index (κ3) is 7.13. The number of benzene rings is 1. The van der Waals surface area contributed by atoms with E-state index in [4.69, 9.17) is 9.84 Å². The first kappa shape index (κ1) is 18.8. The first-order valence-corrected chi connectivity index (χ1v) is 8.81. The van der Waals surface area contributed by atoms with Gasteiger partial charge in [0, 0.05) is 5.56 Å². The fourth-order valence-electron chi connectivity index (χ4n) is 2.72. The highest BCUT2D eigenvalue weighted by Gasteiger charge is 2.06. The van der Waals surface area contributed by atoms with Gasteiger partial charge in [-0.05, 0) is 31.4 Å². The number of allylic oxidation sites excluding steroid dienone is 1. The van der Waals surface area contributed by atoms with E-state index in [0.717, 1.165) is 12.2 Å². The molecule has 0 spiro atoms. The summed E-state index contributed by atoms with van der Waals surface area (Å²) < 4.78 is 5.65. The normalized spacial score (nSPS) is 11.2. The molecule has 0 heterocycles. The molecule has 2 heteroatoms. The van der Waals surface area contributed by atoms with Crippen LogP contribution in [-0.2, 0) is 6.42 Å². The maximum Gasteiger partial charge on any atom is 0.126 e. The van der Waals surface area contributed by atoms with Gasteiger partial charge in [0.2, 0.25) is 0 Å². The van der Waals surface area contributed by atoms with Crippen LogP contribution in [0.25, 0.3) is 6.08 Å². The molecule has 0 aromatic heterocycles. The molecular weight excluding hydrogens is 272 g/mol. The maximum atomic E-state index is 8.94. The van der Waals surface area contributed by atoms with Gasteiger partial charge in [0.25, 0.3) is 0 Å². The molecule has 0 unspecified atom stereocenters. The zero-order valence-electron chi connectivity index (χ0n) is 14.3. The SMILES string of the molecule is CC=Cc1c(CCCCCCCCC)cccc1OCCO. The predicted octanol–water partition coefficient (Wildman–Crippen LogP) is 5.38. The number of hydrogen-bond acceptors (Lipinski definition) is 2. The predicted molar refractivity (Wildman–Crippen MR) is 95.4 cm³/mol. The molecule has 0 atom stereocenters. The average molecular weight is 304 g/mol. The van der Waals surface area contributed by atoms with E-state index in [1.807, 2.05) is 13.0 Å². The van der Waals surface area contributed by atoms with Crippen LogP contribution in [0.5, 0.6) is 5.75 Å². The van der Waals surface area contributed by atoms with Crippen LogP contribution in [0.3, 0.4) is 0 Å². The molecule has 1 aromatic carbocycles. The van der Waals surface area contributed by atoms with Gasteiger partial charge >= 0.3 is 0 Å². The van der Waals surface area contributed by atoms with Crippen molar-refractivity contribution >= 4 is 6.08 Å². The summed E-state index contributed by atoms with van der Waals surface area (Å²) >= 11 is 0. The number of ether oxygens (including phenoxy) is 1. The van der Waals surface area contributed by atoms with Crippen LogP contribution in [0.4, 0.5) is 0 Å². The Morgan fingerprint density at radius 2 is 1.77 bits per heavy atom. The second kappa shape index (κ2) is 12.3. The van der Waals surface area contributed by atoms with Crippen LogP contribution < -0.4 is 4.74 Å². The molecule has 1 aromatic rings. The summed E-state index contributed by atoms with van der Waals surface area (Å²) in [6, 6.07) is 6.23. The lowest BCUT2D eigenvalue weighted by Crippen LogP contribution is -2.04. The van der Waals surface area contributed by atoms with Crippen molar-refractivity contribution in [3.8, 4) is 5.75 Å². The number of aliphatic hydroxyl groups is 1. The molecule has 124 valence electrons. The quantitative estimate of drug-likeness (QED) is 0.525. The van der Waals surface area contributed by atoms with Crippen molar-refractivity contribution in [2.75, 3.05) is 13.2 Å². The molecule has 0 aliphatic carbocycles. The number of unbranched alkanes of at least 4 members (excludes halogenated alkanes) is 6. The van der Waals surface area contributed by atoms with Crippen molar-refractivity contribution in [2.45, 2.75) is 65.2 Å². The fraction of sp³-hybridized carbons (Fsp3) is 0.600. The summed E-state index contributed by atoms with van der Waals surface area (Å²) in [5.74, 6) is 0.882. The zero-order chi connectivity index (χ0) is 16.0. The third-order valence-electron chi connectivity index (χ3n) is 3.89. The molecule has 1 rings (SSSR count). The first-order chi connectivity index (χ1) is 10.8. The van der Waals surface area contributed by atoms with Crippen LogP contribution in [0, 0.1) is 0 Å². The van der Waals surface area contributed by atoms with Crippen molar-refractivity contribution in [3.05, 3.63) is 35.4 Å². The molecule has 0 saturated heterocycles. The van der Waals surface area contributed by atoms with Gasteiger partial charge in [0.05, 0.1) is 6.61 Å². The lowest BCUT2D eigenvalue weighted by Gasteiger charge is -2.13. The van der Waals surface area contributed by atoms with E-state index >= 15 is 0 Å². The van der Waals surface area contributed by atoms with Gasteiger partial charge in [-0.1, -0.05) is 69.7 Å². The summed E-state index contributed by atoms with van der Waals surface area (Å²) in [6.45, 7) is 4.69. The molecular formula is C20H32O2. The maximum absolute atomic E-state index is 8.94. The van der Waals surface area contributed by atoms with Gasteiger partial charge < -0.3 is 9.84 Å². The van der Waals surface area contributed by atoms with E-state index in [1.165, 1.54) is 56.1 Å². The smallest absolute Gasteiger partial charge is 0.126 e. The van der Waals surface area contributed by atoms with E-state index < -0.39 is 0 Å². The van der Waals surface area contributed by atoms with Crippen molar-refractivity contribution in [2.24, 2.45) is 0 Å². The molecule has 2 nitrogen and oxygen atoms in total. The number of aliphatic hydroxyl groups excluding tert-OH is 1. The molecule has 22 heavy (non-hydrogen) atoms. The van der Waals surface area contributed by atoms with E-state index in [9.17, 15) is 0 Å². The lowest BCUT2D eigenvalue weighted by atomic mass is 9.99. The van der Waals surface area contributed by atoms with Crippen molar-refractivity contribution in [1.82, 2.24) is 0 Å². The van der Waals surface area contributed by atoms with Crippen molar-refractivity contribution in [1.29, 1.82) is 0 Å². The Balaban J connectivity index is 2.50. The number of rotatable bonds is 12. The molecule has 0 aliphatic heterocycles. The fourth-order valence-corrected chi connectivity index (χ4v) is 2.72. The van der Waals surface area contributed by atoms with Gasteiger partial charge in [-0.25, -0.2) is 0 Å². The number of hydrogen-bond donors (Lipinski definition) is 1. The highest BCUT2D eigenvalue weighted by Crippen LogP contribution is 2.26. The largest absolute Gasteiger partial charge is 0.491 e. The van der Waals surface area contributed by atoms with Crippen LogP contribution >= 0.6 is 0 Å². The molecule has 0 amide bonds. The van der Waals surface area contributed by atoms with Gasteiger partial charge in [-0.3, -0.25) is 0 Å². The minimum atomic E-state index is 0.0528. The summed E-state index contributed by atoms with van der Waals surface area (Å²) in [5, 5.41) is 8.94. The second-order valence-electron chi connectivity index (χ2n) is 5.77. The van der Waals surface area contributed by atoms with Gasteiger partial charge in [0.15, 0.2) is 0 Å².